The quantitative estimate of drug-likeness (QED) is 0.680. The first-order valence-corrected chi connectivity index (χ1v) is 6.78. The average molecular weight is 286 g/mol. The molecule has 8 heteroatoms. The summed E-state index contributed by atoms with van der Waals surface area (Å²) in [5.41, 5.74) is -0.359. The van der Waals surface area contributed by atoms with E-state index < -0.39 is 20.9 Å². The molecule has 1 heterocycles. The number of sulfonamides is 1. The third-order valence-corrected chi connectivity index (χ3v) is 4.21. The minimum Gasteiger partial charge on any atom is -0.478 e. The van der Waals surface area contributed by atoms with Crippen LogP contribution in [0.15, 0.2) is 36.0 Å². The Hall–Kier alpha value is -1.77. The number of carboxylic acid groups (broad SMARTS) is 1. The van der Waals surface area contributed by atoms with Crippen LogP contribution in [0.25, 0.3) is 0 Å². The monoisotopic (exact) mass is 286 g/mol. The molecule has 7 nitrogen and oxygen atoms in total. The summed E-state index contributed by atoms with van der Waals surface area (Å²) in [5, 5.41) is 17.9. The molecule has 0 aliphatic heterocycles. The van der Waals surface area contributed by atoms with Crippen molar-refractivity contribution >= 4 is 16.0 Å². The highest BCUT2D eigenvalue weighted by atomic mass is 32.2. The van der Waals surface area contributed by atoms with Crippen LogP contribution in [-0.4, -0.2) is 53.6 Å². The summed E-state index contributed by atoms with van der Waals surface area (Å²) >= 11 is 0. The largest absolute Gasteiger partial charge is 0.478 e. The molecule has 0 amide bonds. The van der Waals surface area contributed by atoms with Crippen molar-refractivity contribution in [3.8, 4) is 0 Å². The van der Waals surface area contributed by atoms with E-state index in [1.165, 1.54) is 12.3 Å². The maximum absolute atomic E-state index is 12.3. The predicted octanol–water partition coefficient (Wildman–Crippen LogP) is -0.0512. The molecule has 2 N–H and O–H groups in total. The zero-order chi connectivity index (χ0) is 14.5. The van der Waals surface area contributed by atoms with E-state index in [0.717, 1.165) is 16.6 Å². The number of rotatable bonds is 7. The number of hydrogen-bond acceptors (Lipinski definition) is 5. The van der Waals surface area contributed by atoms with Gasteiger partial charge in [0, 0.05) is 25.5 Å². The number of aliphatic hydroxyl groups excluding tert-OH is 1. The van der Waals surface area contributed by atoms with Gasteiger partial charge < -0.3 is 10.2 Å². The number of nitrogens with zero attached hydrogens (tertiary/aromatic N) is 2. The predicted molar refractivity (Wildman–Crippen MR) is 67.2 cm³/mol. The fourth-order valence-electron chi connectivity index (χ4n) is 1.47. The van der Waals surface area contributed by atoms with E-state index in [4.69, 9.17) is 10.2 Å². The number of aromatic nitrogens is 1. The molecule has 1 aromatic heterocycles. The van der Waals surface area contributed by atoms with Gasteiger partial charge in [0.1, 0.15) is 4.90 Å². The van der Waals surface area contributed by atoms with E-state index in [9.17, 15) is 13.2 Å². The van der Waals surface area contributed by atoms with Crippen molar-refractivity contribution in [2.75, 3.05) is 19.7 Å². The molecule has 0 atom stereocenters. The third kappa shape index (κ3) is 3.37. The summed E-state index contributed by atoms with van der Waals surface area (Å²) in [5.74, 6) is -1.36. The number of aliphatic hydroxyl groups is 1. The van der Waals surface area contributed by atoms with Crippen molar-refractivity contribution in [3.05, 3.63) is 36.7 Å². The maximum Gasteiger partial charge on any atom is 0.337 e. The summed E-state index contributed by atoms with van der Waals surface area (Å²) in [4.78, 5) is 14.3. The molecule has 0 spiro atoms. The van der Waals surface area contributed by atoms with Crippen LogP contribution in [0, 0.1) is 0 Å². The van der Waals surface area contributed by atoms with Gasteiger partial charge in [-0.2, -0.15) is 4.31 Å². The van der Waals surface area contributed by atoms with Gasteiger partial charge in [-0.1, -0.05) is 6.08 Å². The smallest absolute Gasteiger partial charge is 0.337 e. The van der Waals surface area contributed by atoms with Gasteiger partial charge in [-0.3, -0.25) is 4.98 Å². The van der Waals surface area contributed by atoms with Crippen LogP contribution < -0.4 is 0 Å². The summed E-state index contributed by atoms with van der Waals surface area (Å²) in [6, 6.07) is 1.11. The van der Waals surface area contributed by atoms with Crippen molar-refractivity contribution in [3.63, 3.8) is 0 Å². The van der Waals surface area contributed by atoms with E-state index >= 15 is 0 Å². The maximum atomic E-state index is 12.3. The van der Waals surface area contributed by atoms with Crippen LogP contribution >= 0.6 is 0 Å². The molecule has 0 aromatic carbocycles. The van der Waals surface area contributed by atoms with Gasteiger partial charge in [0.05, 0.1) is 12.2 Å². The van der Waals surface area contributed by atoms with Gasteiger partial charge in [0.25, 0.3) is 0 Å². The van der Waals surface area contributed by atoms with E-state index in [1.54, 1.807) is 0 Å². The lowest BCUT2D eigenvalue weighted by molar-refractivity contribution is 0.0692. The Morgan fingerprint density at radius 2 is 2.21 bits per heavy atom. The van der Waals surface area contributed by atoms with Gasteiger partial charge in [-0.05, 0) is 6.07 Å². The van der Waals surface area contributed by atoms with Crippen LogP contribution in [0.5, 0.6) is 0 Å². The van der Waals surface area contributed by atoms with Crippen LogP contribution in [0.4, 0.5) is 0 Å². The minimum atomic E-state index is -4.04. The van der Waals surface area contributed by atoms with E-state index in [1.807, 2.05) is 0 Å². The summed E-state index contributed by atoms with van der Waals surface area (Å²) in [6.07, 6.45) is 3.53. The van der Waals surface area contributed by atoms with Gasteiger partial charge >= 0.3 is 5.97 Å². The Morgan fingerprint density at radius 1 is 1.53 bits per heavy atom. The fraction of sp³-hybridized carbons (Fsp3) is 0.273. The second-order valence-electron chi connectivity index (χ2n) is 3.55. The molecule has 104 valence electrons. The second kappa shape index (κ2) is 6.41. The number of carbonyl (C=O) groups is 1. The highest BCUT2D eigenvalue weighted by Gasteiger charge is 2.28. The summed E-state index contributed by atoms with van der Waals surface area (Å²) in [6.45, 7) is 2.87. The topological polar surface area (TPSA) is 108 Å². The molecule has 0 unspecified atom stereocenters. The van der Waals surface area contributed by atoms with Crippen molar-refractivity contribution in [1.82, 2.24) is 9.29 Å². The molecule has 0 saturated carbocycles. The number of hydrogen-bond donors (Lipinski definition) is 2. The Bertz CT molecular complexity index is 570. The first-order valence-electron chi connectivity index (χ1n) is 5.34. The molecule has 0 aliphatic rings. The zero-order valence-corrected chi connectivity index (χ0v) is 10.9. The fourth-order valence-corrected chi connectivity index (χ4v) is 3.00. The highest BCUT2D eigenvalue weighted by molar-refractivity contribution is 7.89. The molecule has 0 radical (unpaired) electrons. The van der Waals surface area contributed by atoms with Crippen molar-refractivity contribution in [2.45, 2.75) is 4.90 Å². The SMILES string of the molecule is C=CCN(CCO)S(=O)(=O)c1cnccc1C(=O)O. The molecular weight excluding hydrogens is 272 g/mol. The number of pyridine rings is 1. The standard InChI is InChI=1S/C11H14N2O5S/c1-2-5-13(6-7-14)19(17,18)10-8-12-4-3-9(10)11(15)16/h2-4,8,14H,1,5-7H2,(H,15,16). The second-order valence-corrected chi connectivity index (χ2v) is 5.46. The van der Waals surface area contributed by atoms with E-state index in [0.29, 0.717) is 0 Å². The Balaban J connectivity index is 3.32. The normalized spacial score (nSPS) is 11.5. The molecule has 0 bridgehead atoms. The van der Waals surface area contributed by atoms with Crippen LogP contribution in [0.1, 0.15) is 10.4 Å². The number of aromatic carboxylic acids is 1. The zero-order valence-electron chi connectivity index (χ0n) is 10.1. The molecular formula is C11H14N2O5S. The third-order valence-electron chi connectivity index (χ3n) is 2.31. The first kappa shape index (κ1) is 15.3. The van der Waals surface area contributed by atoms with Gasteiger partial charge in [0.15, 0.2) is 0 Å². The molecule has 1 rings (SSSR count). The van der Waals surface area contributed by atoms with E-state index in [2.05, 4.69) is 11.6 Å². The molecule has 19 heavy (non-hydrogen) atoms. The van der Waals surface area contributed by atoms with E-state index in [-0.39, 0.29) is 25.3 Å². The van der Waals surface area contributed by atoms with Crippen molar-refractivity contribution < 1.29 is 23.4 Å². The lowest BCUT2D eigenvalue weighted by Crippen LogP contribution is -2.34. The molecule has 0 saturated heterocycles. The van der Waals surface area contributed by atoms with Crippen molar-refractivity contribution in [1.29, 1.82) is 0 Å². The Morgan fingerprint density at radius 3 is 2.74 bits per heavy atom. The van der Waals surface area contributed by atoms with Crippen LogP contribution in [-0.2, 0) is 10.0 Å². The highest BCUT2D eigenvalue weighted by Crippen LogP contribution is 2.19. The van der Waals surface area contributed by atoms with Gasteiger partial charge in [0.2, 0.25) is 10.0 Å². The minimum absolute atomic E-state index is 0.0309. The Labute approximate surface area is 110 Å². The number of carboxylic acids is 1. The first-order chi connectivity index (χ1) is 8.95. The van der Waals surface area contributed by atoms with Gasteiger partial charge in [-0.15, -0.1) is 6.58 Å². The Kier molecular flexibility index (Phi) is 5.16. The van der Waals surface area contributed by atoms with Gasteiger partial charge in [-0.25, -0.2) is 13.2 Å². The molecule has 0 aliphatic carbocycles. The molecule has 0 fully saturated rings. The summed E-state index contributed by atoms with van der Waals surface area (Å²) in [7, 11) is -4.04. The lowest BCUT2D eigenvalue weighted by atomic mass is 10.3. The molecule has 1 aromatic rings. The van der Waals surface area contributed by atoms with Crippen molar-refractivity contribution in [2.24, 2.45) is 0 Å². The average Bonchev–Trinajstić information content (AvgIpc) is 2.38. The van der Waals surface area contributed by atoms with Crippen LogP contribution in [0.3, 0.4) is 0 Å². The van der Waals surface area contributed by atoms with Crippen LogP contribution in [0.2, 0.25) is 0 Å². The summed E-state index contributed by atoms with van der Waals surface area (Å²) < 4.78 is 25.5. The lowest BCUT2D eigenvalue weighted by Gasteiger charge is -2.20.